The van der Waals surface area contributed by atoms with Gasteiger partial charge in [0.05, 0.1) is 0 Å². The smallest absolute Gasteiger partial charge is 0.0712 e. The summed E-state index contributed by atoms with van der Waals surface area (Å²) in [5.74, 6) is 0. The summed E-state index contributed by atoms with van der Waals surface area (Å²) in [5.41, 5.74) is 14.0. The van der Waals surface area contributed by atoms with Crippen LogP contribution in [-0.2, 0) is 12.8 Å². The van der Waals surface area contributed by atoms with Gasteiger partial charge >= 0.3 is 0 Å². The molecule has 0 heterocycles. The lowest BCUT2D eigenvalue weighted by Crippen LogP contribution is -2.36. The van der Waals surface area contributed by atoms with Crippen LogP contribution in [0.25, 0.3) is 34.4 Å². The molecule has 0 N–H and O–H groups in total. The highest BCUT2D eigenvalue weighted by Crippen LogP contribution is 2.45. The van der Waals surface area contributed by atoms with E-state index in [1.807, 2.05) is 0 Å². The van der Waals surface area contributed by atoms with Crippen molar-refractivity contribution in [1.29, 1.82) is 0 Å². The van der Waals surface area contributed by atoms with Gasteiger partial charge in [-0.2, -0.15) is 0 Å². The molecule has 2 aliphatic rings. The van der Waals surface area contributed by atoms with Gasteiger partial charge in [-0.15, -0.1) is 0 Å². The van der Waals surface area contributed by atoms with Crippen LogP contribution in [0, 0.1) is 13.8 Å². The molecule has 0 fully saturated rings. The number of aryl methyl sites for hydroxylation is 2. The molecular formula is C37H38Si. The van der Waals surface area contributed by atoms with Gasteiger partial charge in [0, 0.05) is 0 Å². The number of hydrogen-bond donors (Lipinski definition) is 0. The zero-order valence-corrected chi connectivity index (χ0v) is 24.3. The van der Waals surface area contributed by atoms with Crippen LogP contribution in [0.1, 0.15) is 53.1 Å². The van der Waals surface area contributed by atoms with Gasteiger partial charge in [0.1, 0.15) is 8.07 Å². The van der Waals surface area contributed by atoms with Crippen molar-refractivity contribution in [3.05, 3.63) is 129 Å². The number of unbranched alkanes of at least 4 members (excludes halogenated alkanes) is 1. The third-order valence-corrected chi connectivity index (χ3v) is 13.7. The van der Waals surface area contributed by atoms with E-state index in [9.17, 15) is 0 Å². The fourth-order valence-corrected chi connectivity index (χ4v) is 10.8. The van der Waals surface area contributed by atoms with Gasteiger partial charge in [-0.05, 0) is 71.2 Å². The molecule has 4 aromatic rings. The maximum atomic E-state index is 2.66. The van der Waals surface area contributed by atoms with Gasteiger partial charge in [0.25, 0.3) is 0 Å². The quantitative estimate of drug-likeness (QED) is 0.217. The molecule has 0 atom stereocenters. The molecule has 2 aliphatic carbocycles. The summed E-state index contributed by atoms with van der Waals surface area (Å²) in [4.78, 5) is 0. The molecule has 0 spiro atoms. The summed E-state index contributed by atoms with van der Waals surface area (Å²) in [5, 5.41) is 3.44. The predicted molar refractivity (Wildman–Crippen MR) is 168 cm³/mol. The lowest BCUT2D eigenvalue weighted by molar-refractivity contribution is 0.867. The SMILES string of the molecule is CCCC[Si](C)(C1=Cc2c(cccc2-c2cccc(C)c2)C1)C1=Cc2c(cccc2-c2cccc(C)c2)C1. The average molecular weight is 511 g/mol. The summed E-state index contributed by atoms with van der Waals surface area (Å²) in [6.45, 7) is 9.39. The molecule has 0 saturated carbocycles. The highest BCUT2D eigenvalue weighted by Gasteiger charge is 2.39. The normalized spacial score (nSPS) is 14.2. The number of allylic oxidation sites excluding steroid dienone is 2. The van der Waals surface area contributed by atoms with Gasteiger partial charge in [0.15, 0.2) is 0 Å². The zero-order chi connectivity index (χ0) is 26.3. The molecule has 0 bridgehead atoms. The maximum Gasteiger partial charge on any atom is 0.106 e. The third-order valence-electron chi connectivity index (χ3n) is 8.90. The lowest BCUT2D eigenvalue weighted by Gasteiger charge is -2.31. The van der Waals surface area contributed by atoms with Crippen LogP contribution in [-0.4, -0.2) is 8.07 Å². The molecule has 0 nitrogen and oxygen atoms in total. The van der Waals surface area contributed by atoms with Crippen molar-refractivity contribution in [3.63, 3.8) is 0 Å². The van der Waals surface area contributed by atoms with Gasteiger partial charge in [-0.3, -0.25) is 0 Å². The molecule has 0 amide bonds. The molecule has 38 heavy (non-hydrogen) atoms. The number of benzene rings is 4. The number of hydrogen-bond acceptors (Lipinski definition) is 0. The first kappa shape index (κ1) is 24.9. The Morgan fingerprint density at radius 2 is 1.11 bits per heavy atom. The number of fused-ring (bicyclic) bond motifs is 2. The van der Waals surface area contributed by atoms with Crippen molar-refractivity contribution in [2.45, 2.75) is 59.0 Å². The van der Waals surface area contributed by atoms with E-state index in [1.54, 1.807) is 10.4 Å². The highest BCUT2D eigenvalue weighted by molar-refractivity contribution is 6.93. The summed E-state index contributed by atoms with van der Waals surface area (Å²) < 4.78 is 0. The minimum absolute atomic E-state index is 1.11. The van der Waals surface area contributed by atoms with Crippen LogP contribution in [0.4, 0.5) is 0 Å². The van der Waals surface area contributed by atoms with Crippen LogP contribution in [0.5, 0.6) is 0 Å². The Balaban J connectivity index is 1.43. The molecule has 0 aliphatic heterocycles. The Bertz CT molecular complexity index is 1470. The highest BCUT2D eigenvalue weighted by atomic mass is 28.3. The van der Waals surface area contributed by atoms with Crippen molar-refractivity contribution >= 4 is 20.2 Å². The van der Waals surface area contributed by atoms with E-state index in [-0.39, 0.29) is 0 Å². The van der Waals surface area contributed by atoms with Crippen LogP contribution in [0.2, 0.25) is 12.6 Å². The van der Waals surface area contributed by atoms with Gasteiger partial charge in [-0.25, -0.2) is 0 Å². The molecule has 190 valence electrons. The molecule has 0 aromatic heterocycles. The average Bonchev–Trinajstić information content (AvgIpc) is 3.57. The van der Waals surface area contributed by atoms with Crippen molar-refractivity contribution in [1.82, 2.24) is 0 Å². The maximum absolute atomic E-state index is 2.66. The third kappa shape index (κ3) is 4.44. The van der Waals surface area contributed by atoms with Gasteiger partial charge in [-0.1, -0.05) is 151 Å². The summed E-state index contributed by atoms with van der Waals surface area (Å²) in [7, 11) is -1.85. The van der Waals surface area contributed by atoms with Crippen molar-refractivity contribution in [2.24, 2.45) is 0 Å². The van der Waals surface area contributed by atoms with E-state index in [0.29, 0.717) is 0 Å². The van der Waals surface area contributed by atoms with Gasteiger partial charge < -0.3 is 0 Å². The zero-order valence-electron chi connectivity index (χ0n) is 23.3. The molecule has 0 unspecified atom stereocenters. The second-order valence-electron chi connectivity index (χ2n) is 11.6. The second kappa shape index (κ2) is 10.0. The Morgan fingerprint density at radius 1 is 0.632 bits per heavy atom. The largest absolute Gasteiger partial charge is 0.106 e. The molecule has 6 rings (SSSR count). The first-order chi connectivity index (χ1) is 18.5. The Kier molecular flexibility index (Phi) is 6.58. The van der Waals surface area contributed by atoms with Crippen LogP contribution in [0.3, 0.4) is 0 Å². The van der Waals surface area contributed by atoms with Gasteiger partial charge in [0.2, 0.25) is 0 Å². The van der Waals surface area contributed by atoms with E-state index in [4.69, 9.17) is 0 Å². The lowest BCUT2D eigenvalue weighted by atomic mass is 9.96. The predicted octanol–water partition coefficient (Wildman–Crippen LogP) is 10.2. The van der Waals surface area contributed by atoms with E-state index < -0.39 is 8.07 Å². The van der Waals surface area contributed by atoms with E-state index in [0.717, 1.165) is 12.8 Å². The fourth-order valence-electron chi connectivity index (χ4n) is 6.63. The van der Waals surface area contributed by atoms with Crippen molar-refractivity contribution < 1.29 is 0 Å². The number of rotatable bonds is 7. The molecular weight excluding hydrogens is 472 g/mol. The first-order valence-electron chi connectivity index (χ1n) is 14.3. The van der Waals surface area contributed by atoms with Crippen molar-refractivity contribution in [3.8, 4) is 22.3 Å². The van der Waals surface area contributed by atoms with E-state index in [1.165, 1.54) is 74.5 Å². The fraction of sp³-hybridized carbons (Fsp3) is 0.243. The van der Waals surface area contributed by atoms with E-state index in [2.05, 4.69) is 124 Å². The molecule has 4 aromatic carbocycles. The van der Waals surface area contributed by atoms with Crippen LogP contribution in [0.15, 0.2) is 95.3 Å². The summed E-state index contributed by atoms with van der Waals surface area (Å²) in [6, 6.07) is 33.2. The minimum atomic E-state index is -1.85. The van der Waals surface area contributed by atoms with E-state index >= 15 is 0 Å². The molecule has 1 heteroatoms. The van der Waals surface area contributed by atoms with Crippen LogP contribution >= 0.6 is 0 Å². The Hall–Kier alpha value is -3.42. The Labute approximate surface area is 229 Å². The molecule has 0 saturated heterocycles. The monoisotopic (exact) mass is 510 g/mol. The summed E-state index contributed by atoms with van der Waals surface area (Å²) >= 11 is 0. The van der Waals surface area contributed by atoms with Crippen molar-refractivity contribution in [2.75, 3.05) is 0 Å². The Morgan fingerprint density at radius 3 is 1.55 bits per heavy atom. The topological polar surface area (TPSA) is 0 Å². The minimum Gasteiger partial charge on any atom is -0.0712 e. The molecule has 0 radical (unpaired) electrons. The van der Waals surface area contributed by atoms with Crippen LogP contribution < -0.4 is 0 Å². The first-order valence-corrected chi connectivity index (χ1v) is 17.0. The summed E-state index contributed by atoms with van der Waals surface area (Å²) in [6.07, 6.45) is 10.0. The standard InChI is InChI=1S/C37H38Si/c1-5-6-19-38(4,32-22-30-15-9-17-34(36(30)24-32)28-13-7-11-26(2)20-28)33-23-31-16-10-18-35(37(31)25-33)29-14-8-12-27(3)21-29/h7-18,20-21,24-25H,5-6,19,22-23H2,1-4H3. The second-order valence-corrected chi connectivity index (χ2v) is 16.1.